The van der Waals surface area contributed by atoms with Crippen LogP contribution in [-0.2, 0) is 6.54 Å². The monoisotopic (exact) mass is 341 g/mol. The SMILES string of the molecule is CCN(Cc1cc(Br)ccc1F)C(=O)c1ccsc1. The predicted molar refractivity (Wildman–Crippen MR) is 78.8 cm³/mol. The Morgan fingerprint density at radius 1 is 1.42 bits per heavy atom. The first-order chi connectivity index (χ1) is 9.11. The number of amides is 1. The standard InChI is InChI=1S/C14H13BrFNOS/c1-2-17(14(18)10-5-6-19-9-10)8-11-7-12(15)3-4-13(11)16/h3-7,9H,2,8H2,1H3. The molecule has 2 rings (SSSR count). The third-order valence-electron chi connectivity index (χ3n) is 2.81. The minimum atomic E-state index is -0.292. The average molecular weight is 342 g/mol. The van der Waals surface area contributed by atoms with Crippen molar-refractivity contribution in [1.29, 1.82) is 0 Å². The summed E-state index contributed by atoms with van der Waals surface area (Å²) in [6.45, 7) is 2.71. The average Bonchev–Trinajstić information content (AvgIpc) is 2.93. The first-order valence-corrected chi connectivity index (χ1v) is 7.60. The Kier molecular flexibility index (Phi) is 4.71. The fraction of sp³-hybridized carbons (Fsp3) is 0.214. The van der Waals surface area contributed by atoms with Gasteiger partial charge in [0.25, 0.3) is 5.91 Å². The number of rotatable bonds is 4. The molecule has 0 atom stereocenters. The largest absolute Gasteiger partial charge is 0.334 e. The molecule has 0 aliphatic rings. The maximum absolute atomic E-state index is 13.7. The van der Waals surface area contributed by atoms with Crippen molar-refractivity contribution in [3.63, 3.8) is 0 Å². The van der Waals surface area contributed by atoms with Gasteiger partial charge in [0.2, 0.25) is 0 Å². The number of carbonyl (C=O) groups is 1. The van der Waals surface area contributed by atoms with Gasteiger partial charge in [0.15, 0.2) is 0 Å². The third kappa shape index (κ3) is 3.42. The molecule has 2 aromatic rings. The minimum Gasteiger partial charge on any atom is -0.334 e. The fourth-order valence-corrected chi connectivity index (χ4v) is 2.80. The van der Waals surface area contributed by atoms with Crippen molar-refractivity contribution in [3.05, 3.63) is 56.4 Å². The molecule has 0 N–H and O–H groups in total. The predicted octanol–water partition coefficient (Wildman–Crippen LogP) is 4.31. The molecule has 0 fully saturated rings. The van der Waals surface area contributed by atoms with E-state index in [0.717, 1.165) is 4.47 Å². The second-order valence-corrected chi connectivity index (χ2v) is 5.76. The molecule has 2 nitrogen and oxygen atoms in total. The van der Waals surface area contributed by atoms with Crippen molar-refractivity contribution in [2.45, 2.75) is 13.5 Å². The third-order valence-corrected chi connectivity index (χ3v) is 3.98. The number of hydrogen-bond acceptors (Lipinski definition) is 2. The topological polar surface area (TPSA) is 20.3 Å². The number of halogens is 2. The molecule has 0 saturated carbocycles. The Hall–Kier alpha value is -1.20. The van der Waals surface area contributed by atoms with Gasteiger partial charge < -0.3 is 4.90 Å². The molecule has 100 valence electrons. The summed E-state index contributed by atoms with van der Waals surface area (Å²) in [6, 6.07) is 6.55. The summed E-state index contributed by atoms with van der Waals surface area (Å²) in [6.07, 6.45) is 0. The van der Waals surface area contributed by atoms with Crippen LogP contribution in [0.2, 0.25) is 0 Å². The van der Waals surface area contributed by atoms with E-state index >= 15 is 0 Å². The van der Waals surface area contributed by atoms with E-state index in [4.69, 9.17) is 0 Å². The molecule has 1 aromatic carbocycles. The molecule has 0 bridgehead atoms. The Morgan fingerprint density at radius 3 is 2.84 bits per heavy atom. The number of carbonyl (C=O) groups excluding carboxylic acids is 1. The molecule has 0 radical (unpaired) electrons. The van der Waals surface area contributed by atoms with E-state index in [1.54, 1.807) is 23.1 Å². The second-order valence-electron chi connectivity index (χ2n) is 4.07. The fourth-order valence-electron chi connectivity index (χ4n) is 1.77. The zero-order valence-corrected chi connectivity index (χ0v) is 12.8. The smallest absolute Gasteiger partial charge is 0.254 e. The van der Waals surface area contributed by atoms with Gasteiger partial charge in [-0.1, -0.05) is 15.9 Å². The summed E-state index contributed by atoms with van der Waals surface area (Å²) in [5.74, 6) is -0.358. The van der Waals surface area contributed by atoms with Crippen molar-refractivity contribution in [1.82, 2.24) is 4.90 Å². The molecule has 0 unspecified atom stereocenters. The van der Waals surface area contributed by atoms with Crippen molar-refractivity contribution in [2.75, 3.05) is 6.54 Å². The van der Waals surface area contributed by atoms with Crippen LogP contribution >= 0.6 is 27.3 Å². The van der Waals surface area contributed by atoms with Gasteiger partial charge in [-0.05, 0) is 36.6 Å². The lowest BCUT2D eigenvalue weighted by molar-refractivity contribution is 0.0751. The molecule has 0 spiro atoms. The summed E-state index contributed by atoms with van der Waals surface area (Å²) < 4.78 is 14.5. The van der Waals surface area contributed by atoms with Gasteiger partial charge >= 0.3 is 0 Å². The minimum absolute atomic E-state index is 0.0666. The van der Waals surface area contributed by atoms with E-state index < -0.39 is 0 Å². The van der Waals surface area contributed by atoms with E-state index in [1.807, 2.05) is 17.7 Å². The summed E-state index contributed by atoms with van der Waals surface area (Å²) in [7, 11) is 0. The van der Waals surface area contributed by atoms with Gasteiger partial charge in [0.05, 0.1) is 5.56 Å². The molecule has 5 heteroatoms. The van der Waals surface area contributed by atoms with Gasteiger partial charge in [0.1, 0.15) is 5.82 Å². The van der Waals surface area contributed by atoms with Crippen LogP contribution in [0.5, 0.6) is 0 Å². The Bertz CT molecular complexity index is 571. The van der Waals surface area contributed by atoms with Crippen molar-refractivity contribution < 1.29 is 9.18 Å². The van der Waals surface area contributed by atoms with E-state index in [-0.39, 0.29) is 18.3 Å². The lowest BCUT2D eigenvalue weighted by atomic mass is 10.2. The summed E-state index contributed by atoms with van der Waals surface area (Å²) in [5.41, 5.74) is 1.17. The summed E-state index contributed by atoms with van der Waals surface area (Å²) in [5, 5.41) is 3.67. The summed E-state index contributed by atoms with van der Waals surface area (Å²) >= 11 is 4.79. The van der Waals surface area contributed by atoms with Crippen LogP contribution in [0, 0.1) is 5.82 Å². The highest BCUT2D eigenvalue weighted by Crippen LogP contribution is 2.18. The first kappa shape index (κ1) is 14.2. The van der Waals surface area contributed by atoms with Crippen LogP contribution in [-0.4, -0.2) is 17.4 Å². The zero-order chi connectivity index (χ0) is 13.8. The molecular weight excluding hydrogens is 329 g/mol. The molecule has 0 aliphatic heterocycles. The van der Waals surface area contributed by atoms with E-state index in [1.165, 1.54) is 17.4 Å². The quantitative estimate of drug-likeness (QED) is 0.811. The Labute approximate surface area is 124 Å². The van der Waals surface area contributed by atoms with Gasteiger partial charge in [-0.15, -0.1) is 0 Å². The molecule has 0 aliphatic carbocycles. The molecule has 0 saturated heterocycles. The van der Waals surface area contributed by atoms with Gasteiger partial charge in [-0.2, -0.15) is 11.3 Å². The van der Waals surface area contributed by atoms with Gasteiger partial charge in [-0.3, -0.25) is 4.79 Å². The summed E-state index contributed by atoms with van der Waals surface area (Å²) in [4.78, 5) is 13.9. The maximum atomic E-state index is 13.7. The van der Waals surface area contributed by atoms with Crippen LogP contribution in [0.15, 0.2) is 39.5 Å². The number of nitrogens with zero attached hydrogens (tertiary/aromatic N) is 1. The van der Waals surface area contributed by atoms with Crippen LogP contribution < -0.4 is 0 Å². The van der Waals surface area contributed by atoms with E-state index in [2.05, 4.69) is 15.9 Å². The molecule has 1 aromatic heterocycles. The van der Waals surface area contributed by atoms with Crippen molar-refractivity contribution >= 4 is 33.2 Å². The van der Waals surface area contributed by atoms with Crippen LogP contribution in [0.25, 0.3) is 0 Å². The van der Waals surface area contributed by atoms with Crippen LogP contribution in [0.1, 0.15) is 22.8 Å². The Balaban J connectivity index is 2.19. The maximum Gasteiger partial charge on any atom is 0.254 e. The lowest BCUT2D eigenvalue weighted by Crippen LogP contribution is -2.30. The van der Waals surface area contributed by atoms with Crippen LogP contribution in [0.4, 0.5) is 4.39 Å². The van der Waals surface area contributed by atoms with Crippen LogP contribution in [0.3, 0.4) is 0 Å². The lowest BCUT2D eigenvalue weighted by Gasteiger charge is -2.21. The molecule has 1 amide bonds. The number of hydrogen-bond donors (Lipinski definition) is 0. The zero-order valence-electron chi connectivity index (χ0n) is 10.4. The number of benzene rings is 1. The highest BCUT2D eigenvalue weighted by Gasteiger charge is 2.16. The van der Waals surface area contributed by atoms with E-state index in [9.17, 15) is 9.18 Å². The normalized spacial score (nSPS) is 10.5. The molecular formula is C14H13BrFNOS. The molecule has 1 heterocycles. The Morgan fingerprint density at radius 2 is 2.21 bits per heavy atom. The highest BCUT2D eigenvalue weighted by molar-refractivity contribution is 9.10. The second kappa shape index (κ2) is 6.30. The first-order valence-electron chi connectivity index (χ1n) is 5.87. The highest BCUT2D eigenvalue weighted by atomic mass is 79.9. The molecule has 19 heavy (non-hydrogen) atoms. The van der Waals surface area contributed by atoms with Crippen molar-refractivity contribution in [2.24, 2.45) is 0 Å². The van der Waals surface area contributed by atoms with Gasteiger partial charge in [-0.25, -0.2) is 4.39 Å². The van der Waals surface area contributed by atoms with Gasteiger partial charge in [0, 0.05) is 28.5 Å². The van der Waals surface area contributed by atoms with Crippen molar-refractivity contribution in [3.8, 4) is 0 Å². The number of thiophene rings is 1. The van der Waals surface area contributed by atoms with E-state index in [0.29, 0.717) is 17.7 Å².